The number of hydrogen-bond acceptors (Lipinski definition) is 4. The second-order valence-corrected chi connectivity index (χ2v) is 6.42. The van der Waals surface area contributed by atoms with Gasteiger partial charge in [-0.1, -0.05) is 18.2 Å². The standard InChI is InChI=1S/C23H24N2O3/c1-27-16-14-18-4-9-21(10-5-18)28-22-11-7-20(8-12-22)25-23(26)13-6-19-3-2-15-24-17-19/h2-5,7-12,15,17H,6,13-14,16H2,1H3,(H,25,26). The molecule has 0 spiro atoms. The van der Waals surface area contributed by atoms with Crippen molar-refractivity contribution in [3.63, 3.8) is 0 Å². The SMILES string of the molecule is COCCc1ccc(Oc2ccc(NC(=O)CCc3cccnc3)cc2)cc1. The molecule has 0 saturated carbocycles. The smallest absolute Gasteiger partial charge is 0.224 e. The van der Waals surface area contributed by atoms with Gasteiger partial charge in [0.05, 0.1) is 6.61 Å². The highest BCUT2D eigenvalue weighted by Crippen LogP contribution is 2.23. The molecule has 144 valence electrons. The lowest BCUT2D eigenvalue weighted by molar-refractivity contribution is -0.116. The number of carbonyl (C=O) groups excluding carboxylic acids is 1. The molecular formula is C23H24N2O3. The summed E-state index contributed by atoms with van der Waals surface area (Å²) in [6, 6.07) is 19.2. The average Bonchev–Trinajstić information content (AvgIpc) is 2.74. The van der Waals surface area contributed by atoms with E-state index in [0.29, 0.717) is 19.4 Å². The largest absolute Gasteiger partial charge is 0.457 e. The first kappa shape index (κ1) is 19.6. The fourth-order valence-corrected chi connectivity index (χ4v) is 2.71. The number of methoxy groups -OCH3 is 1. The van der Waals surface area contributed by atoms with Crippen molar-refractivity contribution in [2.24, 2.45) is 0 Å². The van der Waals surface area contributed by atoms with E-state index < -0.39 is 0 Å². The predicted octanol–water partition coefficient (Wildman–Crippen LogP) is 4.63. The number of nitrogens with one attached hydrogen (secondary N) is 1. The van der Waals surface area contributed by atoms with Crippen molar-refractivity contribution in [1.82, 2.24) is 4.98 Å². The molecule has 3 aromatic rings. The Bertz CT molecular complexity index is 863. The zero-order chi connectivity index (χ0) is 19.6. The van der Waals surface area contributed by atoms with Gasteiger partial charge in [-0.05, 0) is 66.4 Å². The molecule has 0 aliphatic heterocycles. The molecule has 1 amide bonds. The van der Waals surface area contributed by atoms with Crippen molar-refractivity contribution in [3.8, 4) is 11.5 Å². The summed E-state index contributed by atoms with van der Waals surface area (Å²) in [5.74, 6) is 1.47. The van der Waals surface area contributed by atoms with Crippen LogP contribution in [0.25, 0.3) is 0 Å². The minimum Gasteiger partial charge on any atom is -0.457 e. The zero-order valence-corrected chi connectivity index (χ0v) is 15.9. The van der Waals surface area contributed by atoms with Crippen molar-refractivity contribution in [2.45, 2.75) is 19.3 Å². The zero-order valence-electron chi connectivity index (χ0n) is 15.9. The maximum absolute atomic E-state index is 12.1. The van der Waals surface area contributed by atoms with Gasteiger partial charge in [-0.15, -0.1) is 0 Å². The van der Waals surface area contributed by atoms with Crippen molar-refractivity contribution in [2.75, 3.05) is 19.0 Å². The van der Waals surface area contributed by atoms with Gasteiger partial charge in [-0.25, -0.2) is 0 Å². The summed E-state index contributed by atoms with van der Waals surface area (Å²) in [5.41, 5.74) is 3.01. The minimum absolute atomic E-state index is 0.0239. The molecule has 1 N–H and O–H groups in total. The number of hydrogen-bond donors (Lipinski definition) is 1. The molecule has 1 aromatic heterocycles. The van der Waals surface area contributed by atoms with Gasteiger partial charge < -0.3 is 14.8 Å². The van der Waals surface area contributed by atoms with Gasteiger partial charge in [0.1, 0.15) is 11.5 Å². The maximum Gasteiger partial charge on any atom is 0.224 e. The van der Waals surface area contributed by atoms with Crippen LogP contribution in [-0.4, -0.2) is 24.6 Å². The van der Waals surface area contributed by atoms with E-state index in [1.54, 1.807) is 19.5 Å². The first-order valence-electron chi connectivity index (χ1n) is 9.27. The highest BCUT2D eigenvalue weighted by Gasteiger charge is 2.04. The Morgan fingerprint density at radius 2 is 1.64 bits per heavy atom. The number of amides is 1. The molecular weight excluding hydrogens is 352 g/mol. The second kappa shape index (κ2) is 10.2. The normalized spacial score (nSPS) is 10.5. The van der Waals surface area contributed by atoms with E-state index in [1.807, 2.05) is 60.7 Å². The molecule has 0 fully saturated rings. The molecule has 3 rings (SSSR count). The Labute approximate surface area is 165 Å². The number of pyridine rings is 1. The summed E-state index contributed by atoms with van der Waals surface area (Å²) in [6.07, 6.45) is 5.47. The lowest BCUT2D eigenvalue weighted by Crippen LogP contribution is -2.12. The molecule has 0 atom stereocenters. The average molecular weight is 376 g/mol. The van der Waals surface area contributed by atoms with E-state index >= 15 is 0 Å². The van der Waals surface area contributed by atoms with E-state index in [-0.39, 0.29) is 5.91 Å². The number of benzene rings is 2. The molecule has 0 bridgehead atoms. The first-order chi connectivity index (χ1) is 13.7. The minimum atomic E-state index is -0.0239. The Morgan fingerprint density at radius 1 is 0.929 bits per heavy atom. The Balaban J connectivity index is 1.48. The van der Waals surface area contributed by atoms with Crippen molar-refractivity contribution in [1.29, 1.82) is 0 Å². The molecule has 2 aromatic carbocycles. The Kier molecular flexibility index (Phi) is 7.15. The lowest BCUT2D eigenvalue weighted by atomic mass is 10.1. The fourth-order valence-electron chi connectivity index (χ4n) is 2.71. The van der Waals surface area contributed by atoms with Gasteiger partial charge in [-0.2, -0.15) is 0 Å². The fraction of sp³-hybridized carbons (Fsp3) is 0.217. The lowest BCUT2D eigenvalue weighted by Gasteiger charge is -2.09. The third kappa shape index (κ3) is 6.21. The van der Waals surface area contributed by atoms with Gasteiger partial charge in [0.2, 0.25) is 5.91 Å². The van der Waals surface area contributed by atoms with Gasteiger partial charge in [-0.3, -0.25) is 9.78 Å². The molecule has 1 heterocycles. The number of carbonyl (C=O) groups is 1. The number of aromatic nitrogens is 1. The first-order valence-corrected chi connectivity index (χ1v) is 9.27. The van der Waals surface area contributed by atoms with Crippen LogP contribution in [0, 0.1) is 0 Å². The molecule has 0 radical (unpaired) electrons. The van der Waals surface area contributed by atoms with E-state index in [0.717, 1.165) is 29.2 Å². The number of anilines is 1. The second-order valence-electron chi connectivity index (χ2n) is 6.42. The molecule has 5 heteroatoms. The summed E-state index contributed by atoms with van der Waals surface area (Å²) in [4.78, 5) is 16.2. The van der Waals surface area contributed by atoms with Crippen LogP contribution in [0.3, 0.4) is 0 Å². The van der Waals surface area contributed by atoms with Gasteiger partial charge >= 0.3 is 0 Å². The summed E-state index contributed by atoms with van der Waals surface area (Å²) in [6.45, 7) is 0.704. The third-order valence-electron chi connectivity index (χ3n) is 4.26. The van der Waals surface area contributed by atoms with Crippen molar-refractivity contribution < 1.29 is 14.3 Å². The van der Waals surface area contributed by atoms with Crippen molar-refractivity contribution in [3.05, 3.63) is 84.2 Å². The summed E-state index contributed by atoms with van der Waals surface area (Å²) < 4.78 is 10.9. The van der Waals surface area contributed by atoms with E-state index in [2.05, 4.69) is 10.3 Å². The van der Waals surface area contributed by atoms with Crippen LogP contribution in [-0.2, 0) is 22.4 Å². The van der Waals surface area contributed by atoms with Gasteiger partial charge in [0, 0.05) is 31.6 Å². The van der Waals surface area contributed by atoms with Gasteiger partial charge in [0.15, 0.2) is 0 Å². The van der Waals surface area contributed by atoms with Crippen LogP contribution in [0.4, 0.5) is 5.69 Å². The quantitative estimate of drug-likeness (QED) is 0.591. The number of ether oxygens (including phenoxy) is 2. The van der Waals surface area contributed by atoms with Crippen LogP contribution < -0.4 is 10.1 Å². The molecule has 0 unspecified atom stereocenters. The summed E-state index contributed by atoms with van der Waals surface area (Å²) in [7, 11) is 1.70. The van der Waals surface area contributed by atoms with E-state index in [4.69, 9.17) is 9.47 Å². The molecule has 5 nitrogen and oxygen atoms in total. The molecule has 0 aliphatic carbocycles. The van der Waals surface area contributed by atoms with Crippen LogP contribution in [0.5, 0.6) is 11.5 Å². The summed E-state index contributed by atoms with van der Waals surface area (Å²) >= 11 is 0. The van der Waals surface area contributed by atoms with Crippen LogP contribution >= 0.6 is 0 Å². The van der Waals surface area contributed by atoms with Crippen LogP contribution in [0.1, 0.15) is 17.5 Å². The van der Waals surface area contributed by atoms with Crippen LogP contribution in [0.15, 0.2) is 73.1 Å². The maximum atomic E-state index is 12.1. The van der Waals surface area contributed by atoms with Crippen molar-refractivity contribution >= 4 is 11.6 Å². The van der Waals surface area contributed by atoms with Gasteiger partial charge in [0.25, 0.3) is 0 Å². The molecule has 0 aliphatic rings. The topological polar surface area (TPSA) is 60.5 Å². The van der Waals surface area contributed by atoms with Crippen LogP contribution in [0.2, 0.25) is 0 Å². The predicted molar refractivity (Wildman–Crippen MR) is 110 cm³/mol. The molecule has 28 heavy (non-hydrogen) atoms. The Morgan fingerprint density at radius 3 is 2.29 bits per heavy atom. The number of nitrogens with zero attached hydrogens (tertiary/aromatic N) is 1. The number of rotatable bonds is 9. The number of aryl methyl sites for hydroxylation is 1. The highest BCUT2D eigenvalue weighted by molar-refractivity contribution is 5.90. The summed E-state index contributed by atoms with van der Waals surface area (Å²) in [5, 5.41) is 2.90. The monoisotopic (exact) mass is 376 g/mol. The van der Waals surface area contributed by atoms with E-state index in [9.17, 15) is 4.79 Å². The van der Waals surface area contributed by atoms with E-state index in [1.165, 1.54) is 5.56 Å². The molecule has 0 saturated heterocycles. The Hall–Kier alpha value is -3.18. The third-order valence-corrected chi connectivity index (χ3v) is 4.26. The highest BCUT2D eigenvalue weighted by atomic mass is 16.5.